The molecule has 0 saturated carbocycles. The topological polar surface area (TPSA) is 62.2 Å². The Morgan fingerprint density at radius 1 is 1.47 bits per heavy atom. The maximum atomic E-state index is 10.7. The highest BCUT2D eigenvalue weighted by molar-refractivity contribution is 7.09. The average molecular weight is 276 g/mol. The van der Waals surface area contributed by atoms with Crippen molar-refractivity contribution >= 4 is 17.3 Å². The molecule has 0 bridgehead atoms. The van der Waals surface area contributed by atoms with Crippen LogP contribution in [0.25, 0.3) is 0 Å². The smallest absolute Gasteiger partial charge is 0.337 e. The molecule has 19 heavy (non-hydrogen) atoms. The van der Waals surface area contributed by atoms with E-state index in [4.69, 9.17) is 5.11 Å². The van der Waals surface area contributed by atoms with Crippen molar-refractivity contribution in [2.75, 3.05) is 0 Å². The molecule has 4 nitrogen and oxygen atoms in total. The molecule has 2 aromatic rings. The Hall–Kier alpha value is -1.72. The molecule has 0 aliphatic carbocycles. The fraction of sp³-hybridized carbons (Fsp3) is 0.286. The zero-order valence-electron chi connectivity index (χ0n) is 10.7. The van der Waals surface area contributed by atoms with Gasteiger partial charge in [-0.25, -0.2) is 4.79 Å². The second-order valence-electron chi connectivity index (χ2n) is 4.41. The van der Waals surface area contributed by atoms with E-state index in [2.05, 4.69) is 34.7 Å². The molecule has 100 valence electrons. The van der Waals surface area contributed by atoms with E-state index >= 15 is 0 Å². The van der Waals surface area contributed by atoms with Gasteiger partial charge in [0.2, 0.25) is 0 Å². The summed E-state index contributed by atoms with van der Waals surface area (Å²) < 4.78 is 0. The van der Waals surface area contributed by atoms with Crippen LogP contribution in [0.5, 0.6) is 0 Å². The number of pyridine rings is 1. The van der Waals surface area contributed by atoms with Crippen molar-refractivity contribution in [2.24, 2.45) is 0 Å². The summed E-state index contributed by atoms with van der Waals surface area (Å²) in [5.41, 5.74) is 1.07. The minimum atomic E-state index is -0.946. The lowest BCUT2D eigenvalue weighted by Gasteiger charge is -2.12. The van der Waals surface area contributed by atoms with Crippen LogP contribution in [0.3, 0.4) is 0 Å². The van der Waals surface area contributed by atoms with E-state index in [-0.39, 0.29) is 5.56 Å². The van der Waals surface area contributed by atoms with Crippen molar-refractivity contribution in [3.8, 4) is 0 Å². The van der Waals surface area contributed by atoms with Gasteiger partial charge in [0.1, 0.15) is 0 Å². The molecule has 2 aromatic heterocycles. The Labute approximate surface area is 116 Å². The van der Waals surface area contributed by atoms with E-state index in [1.807, 2.05) is 0 Å². The molecule has 2 N–H and O–H groups in total. The SMILES string of the molecule is CC(Cc1cccs1)NCc1ccc(C(=O)O)cn1. The molecule has 1 atom stereocenters. The van der Waals surface area contributed by atoms with Crippen molar-refractivity contribution < 1.29 is 9.90 Å². The highest BCUT2D eigenvalue weighted by Crippen LogP contribution is 2.11. The molecular weight excluding hydrogens is 260 g/mol. The molecule has 0 aliphatic heterocycles. The van der Waals surface area contributed by atoms with Gasteiger partial charge >= 0.3 is 5.97 Å². The number of hydrogen-bond acceptors (Lipinski definition) is 4. The zero-order valence-corrected chi connectivity index (χ0v) is 11.5. The summed E-state index contributed by atoms with van der Waals surface area (Å²) in [4.78, 5) is 16.2. The Bertz CT molecular complexity index is 523. The van der Waals surface area contributed by atoms with Crippen LogP contribution in [-0.4, -0.2) is 22.1 Å². The van der Waals surface area contributed by atoms with Crippen LogP contribution in [0.1, 0.15) is 27.9 Å². The van der Waals surface area contributed by atoms with Gasteiger partial charge < -0.3 is 10.4 Å². The summed E-state index contributed by atoms with van der Waals surface area (Å²) in [6.07, 6.45) is 2.38. The summed E-state index contributed by atoms with van der Waals surface area (Å²) in [5, 5.41) is 14.2. The lowest BCUT2D eigenvalue weighted by atomic mass is 10.2. The summed E-state index contributed by atoms with van der Waals surface area (Å²) >= 11 is 1.76. The fourth-order valence-corrected chi connectivity index (χ4v) is 2.57. The van der Waals surface area contributed by atoms with Crippen LogP contribution in [-0.2, 0) is 13.0 Å². The second kappa shape index (κ2) is 6.45. The molecule has 2 heterocycles. The van der Waals surface area contributed by atoms with Gasteiger partial charge in [-0.3, -0.25) is 4.98 Å². The molecule has 0 amide bonds. The molecule has 0 saturated heterocycles. The van der Waals surface area contributed by atoms with E-state index in [1.165, 1.54) is 11.1 Å². The number of aromatic nitrogens is 1. The summed E-state index contributed by atoms with van der Waals surface area (Å²) in [5.74, 6) is -0.946. The van der Waals surface area contributed by atoms with Gasteiger partial charge in [0.25, 0.3) is 0 Å². The van der Waals surface area contributed by atoms with E-state index in [9.17, 15) is 4.79 Å². The van der Waals surface area contributed by atoms with Crippen LogP contribution in [0.4, 0.5) is 0 Å². The fourth-order valence-electron chi connectivity index (χ4n) is 1.74. The number of carboxylic acids is 1. The third kappa shape index (κ3) is 4.15. The second-order valence-corrected chi connectivity index (χ2v) is 5.44. The molecule has 0 spiro atoms. The van der Waals surface area contributed by atoms with Crippen molar-refractivity contribution in [3.63, 3.8) is 0 Å². The van der Waals surface area contributed by atoms with Gasteiger partial charge in [0, 0.05) is 23.7 Å². The molecule has 0 aliphatic rings. The number of nitrogens with one attached hydrogen (secondary N) is 1. The van der Waals surface area contributed by atoms with Gasteiger partial charge in [0.05, 0.1) is 11.3 Å². The van der Waals surface area contributed by atoms with Gasteiger partial charge in [-0.15, -0.1) is 11.3 Å². The molecule has 0 aromatic carbocycles. The number of carbonyl (C=O) groups is 1. The number of nitrogens with zero attached hydrogens (tertiary/aromatic N) is 1. The number of thiophene rings is 1. The van der Waals surface area contributed by atoms with E-state index in [0.717, 1.165) is 12.1 Å². The van der Waals surface area contributed by atoms with Crippen LogP contribution >= 0.6 is 11.3 Å². The summed E-state index contributed by atoms with van der Waals surface area (Å²) in [7, 11) is 0. The van der Waals surface area contributed by atoms with E-state index < -0.39 is 5.97 Å². The van der Waals surface area contributed by atoms with Crippen LogP contribution in [0.15, 0.2) is 35.8 Å². The largest absolute Gasteiger partial charge is 0.478 e. The van der Waals surface area contributed by atoms with Gasteiger partial charge in [-0.2, -0.15) is 0 Å². The van der Waals surface area contributed by atoms with Crippen molar-refractivity contribution in [3.05, 3.63) is 52.0 Å². The predicted octanol–water partition coefficient (Wildman–Crippen LogP) is 2.56. The number of aromatic carboxylic acids is 1. The number of carboxylic acid groups (broad SMARTS) is 1. The summed E-state index contributed by atoms with van der Waals surface area (Å²) in [6.45, 7) is 2.78. The predicted molar refractivity (Wildman–Crippen MR) is 75.5 cm³/mol. The Kier molecular flexibility index (Phi) is 4.65. The quantitative estimate of drug-likeness (QED) is 0.851. The first kappa shape index (κ1) is 13.7. The van der Waals surface area contributed by atoms with E-state index in [0.29, 0.717) is 12.6 Å². The van der Waals surface area contributed by atoms with Gasteiger partial charge in [-0.1, -0.05) is 6.07 Å². The van der Waals surface area contributed by atoms with E-state index in [1.54, 1.807) is 23.5 Å². The molecule has 2 rings (SSSR count). The molecule has 0 radical (unpaired) electrons. The van der Waals surface area contributed by atoms with Gasteiger partial charge in [-0.05, 0) is 36.9 Å². The highest BCUT2D eigenvalue weighted by atomic mass is 32.1. The van der Waals surface area contributed by atoms with Gasteiger partial charge in [0.15, 0.2) is 0 Å². The third-order valence-electron chi connectivity index (χ3n) is 2.79. The minimum Gasteiger partial charge on any atom is -0.478 e. The average Bonchev–Trinajstić information content (AvgIpc) is 2.89. The highest BCUT2D eigenvalue weighted by Gasteiger charge is 2.06. The standard InChI is InChI=1S/C14H16N2O2S/c1-10(7-13-3-2-6-19-13)15-9-12-5-4-11(8-16-12)14(17)18/h2-6,8,10,15H,7,9H2,1H3,(H,17,18). The molecular formula is C14H16N2O2S. The Balaban J connectivity index is 1.83. The number of hydrogen-bond donors (Lipinski definition) is 2. The van der Waals surface area contributed by atoms with Crippen molar-refractivity contribution in [2.45, 2.75) is 25.9 Å². The van der Waals surface area contributed by atoms with Crippen molar-refractivity contribution in [1.29, 1.82) is 0 Å². The monoisotopic (exact) mass is 276 g/mol. The first-order valence-electron chi connectivity index (χ1n) is 6.09. The van der Waals surface area contributed by atoms with Crippen LogP contribution in [0, 0.1) is 0 Å². The molecule has 5 heteroatoms. The normalized spacial score (nSPS) is 12.3. The lowest BCUT2D eigenvalue weighted by molar-refractivity contribution is 0.0696. The first-order chi connectivity index (χ1) is 9.15. The van der Waals surface area contributed by atoms with Crippen molar-refractivity contribution in [1.82, 2.24) is 10.3 Å². The van der Waals surface area contributed by atoms with Crippen LogP contribution < -0.4 is 5.32 Å². The lowest BCUT2D eigenvalue weighted by Crippen LogP contribution is -2.27. The number of rotatable bonds is 6. The summed E-state index contributed by atoms with van der Waals surface area (Å²) in [6, 6.07) is 7.87. The first-order valence-corrected chi connectivity index (χ1v) is 6.97. The molecule has 1 unspecified atom stereocenters. The third-order valence-corrected chi connectivity index (χ3v) is 3.69. The molecule has 0 fully saturated rings. The Morgan fingerprint density at radius 3 is 2.89 bits per heavy atom. The van der Waals surface area contributed by atoms with Crippen LogP contribution in [0.2, 0.25) is 0 Å². The Morgan fingerprint density at radius 2 is 2.32 bits per heavy atom. The maximum Gasteiger partial charge on any atom is 0.337 e. The minimum absolute atomic E-state index is 0.218. The maximum absolute atomic E-state index is 10.7. The zero-order chi connectivity index (χ0) is 13.7.